The second-order valence-electron chi connectivity index (χ2n) is 1.91. The van der Waals surface area contributed by atoms with Gasteiger partial charge in [0.25, 0.3) is 0 Å². The predicted molar refractivity (Wildman–Crippen MR) is 37.4 cm³/mol. The van der Waals surface area contributed by atoms with Crippen molar-refractivity contribution >= 4 is 15.9 Å². The third-order valence-corrected chi connectivity index (χ3v) is 1.68. The zero-order valence-electron chi connectivity index (χ0n) is 5.89. The maximum atomic E-state index is 12.0. The predicted octanol–water partition coefficient (Wildman–Crippen LogP) is 1.72. The Balaban J connectivity index is 3.08. The molecular weight excluding hydrogens is 241 g/mol. The SMILES string of the molecule is COn1cc(Br)c(C(F)(F)F)n1. The monoisotopic (exact) mass is 244 g/mol. The van der Waals surface area contributed by atoms with E-state index in [0.29, 0.717) is 0 Å². The van der Waals surface area contributed by atoms with Crippen LogP contribution in [0.15, 0.2) is 10.7 Å². The summed E-state index contributed by atoms with van der Waals surface area (Å²) in [6.45, 7) is 0. The lowest BCUT2D eigenvalue weighted by Crippen LogP contribution is -2.11. The number of aromatic nitrogens is 2. The van der Waals surface area contributed by atoms with Crippen molar-refractivity contribution in [2.75, 3.05) is 7.11 Å². The highest BCUT2D eigenvalue weighted by Crippen LogP contribution is 2.32. The van der Waals surface area contributed by atoms with Gasteiger partial charge >= 0.3 is 6.18 Å². The van der Waals surface area contributed by atoms with E-state index < -0.39 is 11.9 Å². The van der Waals surface area contributed by atoms with Gasteiger partial charge in [0.2, 0.25) is 0 Å². The van der Waals surface area contributed by atoms with Crippen LogP contribution in [0.5, 0.6) is 0 Å². The molecule has 0 radical (unpaired) electrons. The van der Waals surface area contributed by atoms with Gasteiger partial charge in [0.1, 0.15) is 7.11 Å². The Kier molecular flexibility index (Phi) is 2.31. The minimum absolute atomic E-state index is 0.142. The van der Waals surface area contributed by atoms with Crippen LogP contribution >= 0.6 is 15.9 Å². The van der Waals surface area contributed by atoms with Crippen LogP contribution in [0.2, 0.25) is 0 Å². The smallest absolute Gasteiger partial charge is 0.400 e. The molecule has 0 aromatic carbocycles. The molecule has 0 saturated carbocycles. The molecule has 12 heavy (non-hydrogen) atoms. The standard InChI is InChI=1S/C5H4BrF3N2O/c1-12-11-2-3(6)4(10-11)5(7,8)9/h2H,1H3. The fraction of sp³-hybridized carbons (Fsp3) is 0.400. The Bertz CT molecular complexity index is 283. The third kappa shape index (κ3) is 1.71. The molecule has 0 saturated heterocycles. The van der Waals surface area contributed by atoms with Gasteiger partial charge in [-0.25, -0.2) is 0 Å². The second kappa shape index (κ2) is 2.96. The van der Waals surface area contributed by atoms with Gasteiger partial charge in [-0.2, -0.15) is 13.2 Å². The van der Waals surface area contributed by atoms with Gasteiger partial charge in [-0.1, -0.05) is 0 Å². The van der Waals surface area contributed by atoms with E-state index in [1.54, 1.807) is 0 Å². The van der Waals surface area contributed by atoms with Crippen molar-refractivity contribution in [2.24, 2.45) is 0 Å². The minimum atomic E-state index is -4.46. The van der Waals surface area contributed by atoms with Crippen molar-refractivity contribution in [3.8, 4) is 0 Å². The molecule has 0 fully saturated rings. The lowest BCUT2D eigenvalue weighted by atomic mass is 10.4. The first-order valence-electron chi connectivity index (χ1n) is 2.82. The largest absolute Gasteiger partial charge is 0.436 e. The van der Waals surface area contributed by atoms with E-state index in [9.17, 15) is 13.2 Å². The number of rotatable bonds is 1. The highest BCUT2D eigenvalue weighted by atomic mass is 79.9. The van der Waals surface area contributed by atoms with Gasteiger partial charge in [-0.3, -0.25) is 0 Å². The fourth-order valence-electron chi connectivity index (χ4n) is 0.619. The third-order valence-electron chi connectivity index (χ3n) is 1.10. The molecule has 0 bridgehead atoms. The first-order valence-corrected chi connectivity index (χ1v) is 3.61. The average Bonchev–Trinajstić information content (AvgIpc) is 2.29. The molecule has 0 unspecified atom stereocenters. The van der Waals surface area contributed by atoms with Gasteiger partial charge < -0.3 is 4.84 Å². The summed E-state index contributed by atoms with van der Waals surface area (Å²) in [5, 5.41) is 3.12. The quantitative estimate of drug-likeness (QED) is 0.753. The topological polar surface area (TPSA) is 27.1 Å². The zero-order chi connectivity index (χ0) is 9.35. The van der Waals surface area contributed by atoms with E-state index in [2.05, 4.69) is 25.9 Å². The summed E-state index contributed by atoms with van der Waals surface area (Å²) in [6.07, 6.45) is -3.37. The second-order valence-corrected chi connectivity index (χ2v) is 2.76. The molecule has 0 aliphatic heterocycles. The van der Waals surface area contributed by atoms with Crippen LogP contribution in [0.3, 0.4) is 0 Å². The van der Waals surface area contributed by atoms with Crippen molar-refractivity contribution < 1.29 is 18.0 Å². The molecule has 68 valence electrons. The lowest BCUT2D eigenvalue weighted by molar-refractivity contribution is -0.143. The maximum absolute atomic E-state index is 12.0. The Morgan fingerprint density at radius 3 is 2.42 bits per heavy atom. The molecule has 0 amide bonds. The van der Waals surface area contributed by atoms with Crippen molar-refractivity contribution in [1.82, 2.24) is 9.94 Å². The molecular formula is C5H4BrF3N2O. The number of halogens is 4. The van der Waals surface area contributed by atoms with Gasteiger partial charge in [0.05, 0.1) is 10.7 Å². The molecule has 0 spiro atoms. The van der Waals surface area contributed by atoms with Gasteiger partial charge in [-0.05, 0) is 15.9 Å². The normalized spacial score (nSPS) is 11.8. The summed E-state index contributed by atoms with van der Waals surface area (Å²) in [5.41, 5.74) is -0.996. The van der Waals surface area contributed by atoms with E-state index in [0.717, 1.165) is 11.0 Å². The van der Waals surface area contributed by atoms with Crippen LogP contribution in [-0.4, -0.2) is 17.1 Å². The molecule has 3 nitrogen and oxygen atoms in total. The Labute approximate surface area is 74.2 Å². The first-order chi connectivity index (χ1) is 5.45. The fourth-order valence-corrected chi connectivity index (χ4v) is 1.10. The number of hydrogen-bond acceptors (Lipinski definition) is 2. The van der Waals surface area contributed by atoms with Crippen LogP contribution in [0.4, 0.5) is 13.2 Å². The molecule has 7 heteroatoms. The maximum Gasteiger partial charge on any atom is 0.436 e. The number of nitrogens with zero attached hydrogens (tertiary/aromatic N) is 2. The highest BCUT2D eigenvalue weighted by Gasteiger charge is 2.36. The molecule has 0 aliphatic carbocycles. The Hall–Kier alpha value is -0.720. The van der Waals surface area contributed by atoms with E-state index in [1.165, 1.54) is 7.11 Å². The summed E-state index contributed by atoms with van der Waals surface area (Å²) >= 11 is 2.71. The van der Waals surface area contributed by atoms with Crippen LogP contribution in [0, 0.1) is 0 Å². The summed E-state index contributed by atoms with van der Waals surface area (Å²) in [5.74, 6) is 0. The van der Waals surface area contributed by atoms with E-state index in [-0.39, 0.29) is 4.47 Å². The van der Waals surface area contributed by atoms with E-state index in [4.69, 9.17) is 0 Å². The molecule has 0 aliphatic rings. The lowest BCUT2D eigenvalue weighted by Gasteiger charge is -2.01. The molecule has 0 atom stereocenters. The van der Waals surface area contributed by atoms with Crippen LogP contribution in [0.25, 0.3) is 0 Å². The summed E-state index contributed by atoms with van der Waals surface area (Å²) in [4.78, 5) is 5.18. The Morgan fingerprint density at radius 1 is 1.58 bits per heavy atom. The van der Waals surface area contributed by atoms with Crippen LogP contribution in [-0.2, 0) is 6.18 Å². The van der Waals surface area contributed by atoms with Crippen molar-refractivity contribution in [2.45, 2.75) is 6.18 Å². The zero-order valence-corrected chi connectivity index (χ0v) is 7.48. The Morgan fingerprint density at radius 2 is 2.17 bits per heavy atom. The highest BCUT2D eigenvalue weighted by molar-refractivity contribution is 9.10. The molecule has 1 rings (SSSR count). The molecule has 1 aromatic heterocycles. The van der Waals surface area contributed by atoms with Gasteiger partial charge in [0.15, 0.2) is 5.69 Å². The summed E-state index contributed by atoms with van der Waals surface area (Å²) in [7, 11) is 1.22. The number of alkyl halides is 3. The van der Waals surface area contributed by atoms with E-state index >= 15 is 0 Å². The molecule has 1 heterocycles. The van der Waals surface area contributed by atoms with Crippen LogP contribution < -0.4 is 4.84 Å². The van der Waals surface area contributed by atoms with Gasteiger partial charge in [-0.15, -0.1) is 9.94 Å². The molecule has 1 aromatic rings. The minimum Gasteiger partial charge on any atom is -0.400 e. The van der Waals surface area contributed by atoms with Crippen molar-refractivity contribution in [1.29, 1.82) is 0 Å². The summed E-state index contributed by atoms with van der Waals surface area (Å²) in [6, 6.07) is 0. The molecule has 0 N–H and O–H groups in total. The first kappa shape index (κ1) is 9.37. The van der Waals surface area contributed by atoms with E-state index in [1.807, 2.05) is 0 Å². The summed E-state index contributed by atoms with van der Waals surface area (Å²) < 4.78 is 36.0. The van der Waals surface area contributed by atoms with Gasteiger partial charge in [0, 0.05) is 0 Å². The number of hydrogen-bond donors (Lipinski definition) is 0. The average molecular weight is 245 g/mol. The van der Waals surface area contributed by atoms with Crippen molar-refractivity contribution in [3.05, 3.63) is 16.4 Å². The van der Waals surface area contributed by atoms with Crippen LogP contribution in [0.1, 0.15) is 5.69 Å². The van der Waals surface area contributed by atoms with Crippen molar-refractivity contribution in [3.63, 3.8) is 0 Å².